The second-order valence-electron chi connectivity index (χ2n) is 6.01. The Morgan fingerprint density at radius 2 is 2.00 bits per heavy atom. The van der Waals surface area contributed by atoms with Crippen LogP contribution < -0.4 is 5.32 Å². The molecule has 0 radical (unpaired) electrons. The first-order valence-corrected chi connectivity index (χ1v) is 7.12. The van der Waals surface area contributed by atoms with Gasteiger partial charge >= 0.3 is 12.0 Å². The number of hydrogen-bond acceptors (Lipinski definition) is 2. The third-order valence-corrected chi connectivity index (χ3v) is 4.04. The molecular weight excluding hydrogens is 244 g/mol. The number of carbonyl (C=O) groups excluding carboxylic acids is 1. The van der Waals surface area contributed by atoms with E-state index in [-0.39, 0.29) is 11.6 Å². The molecule has 5 heteroatoms. The van der Waals surface area contributed by atoms with Crippen molar-refractivity contribution in [2.24, 2.45) is 0 Å². The van der Waals surface area contributed by atoms with E-state index in [0.717, 1.165) is 19.3 Å². The average molecular weight is 270 g/mol. The highest BCUT2D eigenvalue weighted by Crippen LogP contribution is 2.33. The van der Waals surface area contributed by atoms with E-state index in [2.05, 4.69) is 12.2 Å². The lowest BCUT2D eigenvalue weighted by Gasteiger charge is -2.37. The van der Waals surface area contributed by atoms with Crippen molar-refractivity contribution in [1.29, 1.82) is 0 Å². The van der Waals surface area contributed by atoms with Gasteiger partial charge in [-0.1, -0.05) is 20.3 Å². The lowest BCUT2D eigenvalue weighted by Crippen LogP contribution is -2.58. The molecular formula is C14H26N2O3. The molecule has 1 atom stereocenters. The zero-order valence-electron chi connectivity index (χ0n) is 12.5. The van der Waals surface area contributed by atoms with Crippen LogP contribution in [0, 0.1) is 0 Å². The Morgan fingerprint density at radius 3 is 2.47 bits per heavy atom. The van der Waals surface area contributed by atoms with E-state index in [1.165, 1.54) is 4.90 Å². The van der Waals surface area contributed by atoms with Crippen molar-refractivity contribution in [3.63, 3.8) is 0 Å². The fourth-order valence-corrected chi connectivity index (χ4v) is 2.96. The molecule has 19 heavy (non-hydrogen) atoms. The molecule has 1 aliphatic rings. The van der Waals surface area contributed by atoms with Gasteiger partial charge in [0.1, 0.15) is 5.54 Å². The number of carbonyl (C=O) groups is 2. The van der Waals surface area contributed by atoms with Crippen LogP contribution in [0.25, 0.3) is 0 Å². The summed E-state index contributed by atoms with van der Waals surface area (Å²) in [6.07, 6.45) is 3.59. The van der Waals surface area contributed by atoms with Gasteiger partial charge in [-0.05, 0) is 39.5 Å². The summed E-state index contributed by atoms with van der Waals surface area (Å²) in [6.45, 7) is 8.36. The van der Waals surface area contributed by atoms with Gasteiger partial charge in [0.05, 0.1) is 0 Å². The molecule has 1 fully saturated rings. The van der Waals surface area contributed by atoms with Gasteiger partial charge in [-0.2, -0.15) is 0 Å². The van der Waals surface area contributed by atoms with Crippen molar-refractivity contribution >= 4 is 12.0 Å². The molecule has 0 aromatic carbocycles. The largest absolute Gasteiger partial charge is 0.479 e. The molecule has 1 saturated heterocycles. The Morgan fingerprint density at radius 1 is 1.37 bits per heavy atom. The predicted molar refractivity (Wildman–Crippen MR) is 74.1 cm³/mol. The minimum atomic E-state index is -1.02. The van der Waals surface area contributed by atoms with Crippen molar-refractivity contribution in [2.45, 2.75) is 70.9 Å². The van der Waals surface area contributed by atoms with Gasteiger partial charge in [-0.15, -0.1) is 0 Å². The van der Waals surface area contributed by atoms with Crippen LogP contribution >= 0.6 is 0 Å². The molecule has 1 rings (SSSR count). The first-order chi connectivity index (χ1) is 8.79. The molecule has 5 nitrogen and oxygen atoms in total. The molecule has 2 amide bonds. The summed E-state index contributed by atoms with van der Waals surface area (Å²) >= 11 is 0. The van der Waals surface area contributed by atoms with E-state index in [1.54, 1.807) is 0 Å². The third-order valence-electron chi connectivity index (χ3n) is 4.04. The van der Waals surface area contributed by atoms with Crippen LogP contribution in [0.3, 0.4) is 0 Å². The first kappa shape index (κ1) is 15.8. The lowest BCUT2D eigenvalue weighted by molar-refractivity contribution is -0.148. The summed E-state index contributed by atoms with van der Waals surface area (Å²) < 4.78 is 0. The number of nitrogens with zero attached hydrogens (tertiary/aromatic N) is 1. The number of carboxylic acids is 1. The minimum Gasteiger partial charge on any atom is -0.479 e. The summed E-state index contributed by atoms with van der Waals surface area (Å²) in [7, 11) is 0. The van der Waals surface area contributed by atoms with Crippen LogP contribution in [0.1, 0.15) is 59.8 Å². The van der Waals surface area contributed by atoms with E-state index < -0.39 is 11.5 Å². The number of likely N-dealkylation sites (tertiary alicyclic amines) is 1. The van der Waals surface area contributed by atoms with E-state index in [1.807, 2.05) is 20.8 Å². The number of amides is 2. The molecule has 0 aromatic heterocycles. The van der Waals surface area contributed by atoms with Gasteiger partial charge in [-0.3, -0.25) is 0 Å². The van der Waals surface area contributed by atoms with E-state index in [9.17, 15) is 14.7 Å². The second-order valence-corrected chi connectivity index (χ2v) is 6.01. The summed E-state index contributed by atoms with van der Waals surface area (Å²) in [5.41, 5.74) is -1.32. The number of nitrogens with one attached hydrogen (secondary N) is 1. The fraction of sp³-hybridized carbons (Fsp3) is 0.857. The standard InChI is InChI=1S/C14H26N2O3/c1-5-8-13(3,4)15-12(19)16-10-7-9-14(16,6-2)11(17)18/h5-10H2,1-4H3,(H,15,19)(H,17,18). The Hall–Kier alpha value is -1.26. The van der Waals surface area contributed by atoms with Gasteiger partial charge in [0, 0.05) is 12.1 Å². The van der Waals surface area contributed by atoms with Gasteiger partial charge in [0.2, 0.25) is 0 Å². The zero-order valence-corrected chi connectivity index (χ0v) is 12.5. The van der Waals surface area contributed by atoms with Crippen LogP contribution in [-0.2, 0) is 4.79 Å². The number of carboxylic acid groups (broad SMARTS) is 1. The Labute approximate surface area is 115 Å². The highest BCUT2D eigenvalue weighted by molar-refractivity contribution is 5.87. The molecule has 1 unspecified atom stereocenters. The highest BCUT2D eigenvalue weighted by Gasteiger charge is 2.49. The van der Waals surface area contributed by atoms with Crippen LogP contribution in [0.5, 0.6) is 0 Å². The highest BCUT2D eigenvalue weighted by atomic mass is 16.4. The molecule has 0 bridgehead atoms. The number of urea groups is 1. The summed E-state index contributed by atoms with van der Waals surface area (Å²) in [5, 5.41) is 12.4. The van der Waals surface area contributed by atoms with Crippen molar-refractivity contribution < 1.29 is 14.7 Å². The summed E-state index contributed by atoms with van der Waals surface area (Å²) in [5.74, 6) is -0.893. The van der Waals surface area contributed by atoms with Crippen LogP contribution in [-0.4, -0.2) is 39.6 Å². The maximum atomic E-state index is 12.4. The summed E-state index contributed by atoms with van der Waals surface area (Å²) in [4.78, 5) is 25.4. The quantitative estimate of drug-likeness (QED) is 0.806. The van der Waals surface area contributed by atoms with Crippen molar-refractivity contribution in [3.8, 4) is 0 Å². The molecule has 1 aliphatic heterocycles. The minimum absolute atomic E-state index is 0.250. The SMILES string of the molecule is CCCC(C)(C)NC(=O)N1CCCC1(CC)C(=O)O. The maximum Gasteiger partial charge on any atom is 0.329 e. The molecule has 0 aliphatic carbocycles. The van der Waals surface area contributed by atoms with Crippen molar-refractivity contribution in [3.05, 3.63) is 0 Å². The van der Waals surface area contributed by atoms with Gasteiger partial charge in [0.15, 0.2) is 0 Å². The Bertz CT molecular complexity index is 355. The molecule has 0 spiro atoms. The zero-order chi connectivity index (χ0) is 14.7. The second kappa shape index (κ2) is 5.80. The topological polar surface area (TPSA) is 69.6 Å². The fourth-order valence-electron chi connectivity index (χ4n) is 2.96. The molecule has 110 valence electrons. The number of hydrogen-bond donors (Lipinski definition) is 2. The van der Waals surface area contributed by atoms with Gasteiger partial charge < -0.3 is 15.3 Å². The van der Waals surface area contributed by atoms with E-state index >= 15 is 0 Å². The molecule has 0 aromatic rings. The van der Waals surface area contributed by atoms with E-state index in [0.29, 0.717) is 19.4 Å². The Kier molecular flexibility index (Phi) is 4.82. The molecule has 1 heterocycles. The van der Waals surface area contributed by atoms with Gasteiger partial charge in [0.25, 0.3) is 0 Å². The third kappa shape index (κ3) is 3.19. The maximum absolute atomic E-state index is 12.4. The monoisotopic (exact) mass is 270 g/mol. The lowest BCUT2D eigenvalue weighted by atomic mass is 9.93. The molecule has 0 saturated carbocycles. The smallest absolute Gasteiger partial charge is 0.329 e. The van der Waals surface area contributed by atoms with E-state index in [4.69, 9.17) is 0 Å². The number of aliphatic carboxylic acids is 1. The Balaban J connectivity index is 2.84. The van der Waals surface area contributed by atoms with Crippen molar-refractivity contribution in [2.75, 3.05) is 6.54 Å². The van der Waals surface area contributed by atoms with Crippen molar-refractivity contribution in [1.82, 2.24) is 10.2 Å². The average Bonchev–Trinajstić information content (AvgIpc) is 2.72. The van der Waals surface area contributed by atoms with Crippen LogP contribution in [0.2, 0.25) is 0 Å². The van der Waals surface area contributed by atoms with Crippen LogP contribution in [0.15, 0.2) is 0 Å². The molecule has 2 N–H and O–H groups in total. The normalized spacial score (nSPS) is 23.5. The van der Waals surface area contributed by atoms with Gasteiger partial charge in [-0.25, -0.2) is 9.59 Å². The van der Waals surface area contributed by atoms with Crippen LogP contribution in [0.4, 0.5) is 4.79 Å². The predicted octanol–water partition coefficient (Wildman–Crippen LogP) is 2.60. The summed E-state index contributed by atoms with van der Waals surface area (Å²) in [6, 6.07) is -0.250. The first-order valence-electron chi connectivity index (χ1n) is 7.12. The number of rotatable bonds is 5.